The largest absolute Gasteiger partial charge is 0.266 e. The minimum Gasteiger partial charge on any atom is -0.266 e. The van der Waals surface area contributed by atoms with Crippen LogP contribution in [-0.4, -0.2) is 14.8 Å². The summed E-state index contributed by atoms with van der Waals surface area (Å²) in [5.41, 5.74) is 3.22. The lowest BCUT2D eigenvalue weighted by Crippen LogP contribution is -1.92. The van der Waals surface area contributed by atoms with Crippen molar-refractivity contribution < 1.29 is 0 Å². The topological polar surface area (TPSA) is 30.7 Å². The van der Waals surface area contributed by atoms with Crippen molar-refractivity contribution >= 4 is 27.0 Å². The molecule has 0 aromatic carbocycles. The highest BCUT2D eigenvalue weighted by atomic mass is 79.9. The second-order valence-electron chi connectivity index (χ2n) is 2.76. The molecule has 0 fully saturated rings. The van der Waals surface area contributed by atoms with Gasteiger partial charge in [-0.1, -0.05) is 0 Å². The van der Waals surface area contributed by atoms with Crippen LogP contribution in [0.3, 0.4) is 0 Å². The van der Waals surface area contributed by atoms with Gasteiger partial charge in [0, 0.05) is 7.05 Å². The fourth-order valence-corrected chi connectivity index (χ4v) is 1.89. The number of aryl methyl sites for hydroxylation is 2. The molecular formula is C8H8BrN3. The normalized spacial score (nSPS) is 10.9. The number of pyridine rings is 1. The zero-order chi connectivity index (χ0) is 8.72. The first kappa shape index (κ1) is 7.73. The van der Waals surface area contributed by atoms with E-state index in [-0.39, 0.29) is 0 Å². The van der Waals surface area contributed by atoms with Crippen LogP contribution in [0.2, 0.25) is 0 Å². The highest BCUT2D eigenvalue weighted by Crippen LogP contribution is 2.19. The van der Waals surface area contributed by atoms with Crippen LogP contribution in [0.25, 0.3) is 11.0 Å². The van der Waals surface area contributed by atoms with Crippen LogP contribution in [0.4, 0.5) is 0 Å². The van der Waals surface area contributed by atoms with Crippen LogP contribution in [0, 0.1) is 6.92 Å². The van der Waals surface area contributed by atoms with Gasteiger partial charge in [0.1, 0.15) is 10.1 Å². The molecule has 62 valence electrons. The maximum Gasteiger partial charge on any atom is 0.110 e. The molecule has 0 aliphatic carbocycles. The third-order valence-corrected chi connectivity index (χ3v) is 2.26. The second kappa shape index (κ2) is 2.55. The number of aromatic nitrogens is 3. The molecule has 2 heterocycles. The Kier molecular flexibility index (Phi) is 1.65. The van der Waals surface area contributed by atoms with Gasteiger partial charge in [-0.3, -0.25) is 4.68 Å². The molecular weight excluding hydrogens is 218 g/mol. The Hall–Kier alpha value is -0.900. The molecule has 0 unspecified atom stereocenters. The average Bonchev–Trinajstić information content (AvgIpc) is 2.31. The van der Waals surface area contributed by atoms with Gasteiger partial charge >= 0.3 is 0 Å². The second-order valence-corrected chi connectivity index (χ2v) is 3.58. The number of hydrogen-bond donors (Lipinski definition) is 0. The predicted molar refractivity (Wildman–Crippen MR) is 50.9 cm³/mol. The minimum absolute atomic E-state index is 0.862. The van der Waals surface area contributed by atoms with E-state index < -0.39 is 0 Å². The van der Waals surface area contributed by atoms with Crippen molar-refractivity contribution in [2.45, 2.75) is 6.92 Å². The van der Waals surface area contributed by atoms with Crippen LogP contribution in [0.15, 0.2) is 16.9 Å². The van der Waals surface area contributed by atoms with E-state index in [1.807, 2.05) is 17.8 Å². The fourth-order valence-electron chi connectivity index (χ4n) is 1.36. The molecule has 0 saturated heterocycles. The molecule has 0 N–H and O–H groups in total. The van der Waals surface area contributed by atoms with Crippen molar-refractivity contribution in [2.24, 2.45) is 7.05 Å². The molecule has 0 saturated carbocycles. The maximum atomic E-state index is 4.29. The van der Waals surface area contributed by atoms with E-state index in [2.05, 4.69) is 32.9 Å². The molecule has 0 atom stereocenters. The van der Waals surface area contributed by atoms with Gasteiger partial charge in [-0.25, -0.2) is 4.98 Å². The van der Waals surface area contributed by atoms with Gasteiger partial charge in [0.25, 0.3) is 0 Å². The van der Waals surface area contributed by atoms with E-state index in [1.54, 1.807) is 6.20 Å². The van der Waals surface area contributed by atoms with Gasteiger partial charge in [-0.15, -0.1) is 0 Å². The van der Waals surface area contributed by atoms with Crippen LogP contribution in [0.1, 0.15) is 5.56 Å². The molecule has 0 amide bonds. The van der Waals surface area contributed by atoms with Crippen molar-refractivity contribution in [2.75, 3.05) is 0 Å². The van der Waals surface area contributed by atoms with Gasteiger partial charge < -0.3 is 0 Å². The summed E-state index contributed by atoms with van der Waals surface area (Å²) in [6.45, 7) is 2.05. The van der Waals surface area contributed by atoms with E-state index in [0.29, 0.717) is 0 Å². The summed E-state index contributed by atoms with van der Waals surface area (Å²) in [6.07, 6.45) is 1.77. The standard InChI is InChI=1S/C8H8BrN3/c1-5-3-7(9)11-6-4-10-12(2)8(5)6/h3-4H,1-2H3. The number of nitrogens with zero attached hydrogens (tertiary/aromatic N) is 3. The van der Waals surface area contributed by atoms with E-state index in [9.17, 15) is 0 Å². The summed E-state index contributed by atoms with van der Waals surface area (Å²) in [6, 6.07) is 1.99. The van der Waals surface area contributed by atoms with Gasteiger partial charge in [0.15, 0.2) is 0 Å². The molecule has 2 aromatic rings. The summed E-state index contributed by atoms with van der Waals surface area (Å²) in [5, 5.41) is 4.13. The number of halogens is 1. The van der Waals surface area contributed by atoms with Crippen molar-refractivity contribution in [3.63, 3.8) is 0 Å². The number of hydrogen-bond acceptors (Lipinski definition) is 2. The molecule has 0 radical (unpaired) electrons. The Labute approximate surface area is 78.5 Å². The zero-order valence-corrected chi connectivity index (χ0v) is 8.46. The molecule has 0 aliphatic rings. The van der Waals surface area contributed by atoms with E-state index in [1.165, 1.54) is 5.56 Å². The SMILES string of the molecule is Cc1cc(Br)nc2cnn(C)c12. The molecule has 3 nitrogen and oxygen atoms in total. The Morgan fingerprint density at radius 2 is 2.25 bits per heavy atom. The third-order valence-electron chi connectivity index (χ3n) is 1.86. The van der Waals surface area contributed by atoms with Crippen LogP contribution in [0.5, 0.6) is 0 Å². The molecule has 2 rings (SSSR count). The summed E-state index contributed by atoms with van der Waals surface area (Å²) in [4.78, 5) is 4.29. The highest BCUT2D eigenvalue weighted by Gasteiger charge is 2.04. The first-order valence-corrected chi connectivity index (χ1v) is 4.42. The van der Waals surface area contributed by atoms with Crippen molar-refractivity contribution in [3.8, 4) is 0 Å². The fraction of sp³-hybridized carbons (Fsp3) is 0.250. The lowest BCUT2D eigenvalue weighted by Gasteiger charge is -1.98. The first-order valence-electron chi connectivity index (χ1n) is 3.63. The Morgan fingerprint density at radius 1 is 1.50 bits per heavy atom. The highest BCUT2D eigenvalue weighted by molar-refractivity contribution is 9.10. The monoisotopic (exact) mass is 225 g/mol. The van der Waals surface area contributed by atoms with Crippen molar-refractivity contribution in [3.05, 3.63) is 22.4 Å². The lowest BCUT2D eigenvalue weighted by molar-refractivity contribution is 0.794. The Bertz CT molecular complexity index is 433. The third kappa shape index (κ3) is 1.03. The average molecular weight is 226 g/mol. The quantitative estimate of drug-likeness (QED) is 0.643. The molecule has 0 bridgehead atoms. The summed E-state index contributed by atoms with van der Waals surface area (Å²) < 4.78 is 2.70. The smallest absolute Gasteiger partial charge is 0.110 e. The van der Waals surface area contributed by atoms with Crippen LogP contribution in [-0.2, 0) is 7.05 Å². The number of rotatable bonds is 0. The number of fused-ring (bicyclic) bond motifs is 1. The van der Waals surface area contributed by atoms with Gasteiger partial charge in [0.2, 0.25) is 0 Å². The first-order chi connectivity index (χ1) is 5.68. The summed E-state index contributed by atoms with van der Waals surface area (Å²) in [7, 11) is 1.92. The Morgan fingerprint density at radius 3 is 3.00 bits per heavy atom. The van der Waals surface area contributed by atoms with Gasteiger partial charge in [-0.2, -0.15) is 5.10 Å². The summed E-state index contributed by atoms with van der Waals surface area (Å²) >= 11 is 3.34. The molecule has 12 heavy (non-hydrogen) atoms. The zero-order valence-electron chi connectivity index (χ0n) is 6.87. The van der Waals surface area contributed by atoms with Gasteiger partial charge in [-0.05, 0) is 34.5 Å². The lowest BCUT2D eigenvalue weighted by atomic mass is 10.2. The molecule has 0 aliphatic heterocycles. The van der Waals surface area contributed by atoms with E-state index >= 15 is 0 Å². The van der Waals surface area contributed by atoms with Crippen molar-refractivity contribution in [1.29, 1.82) is 0 Å². The van der Waals surface area contributed by atoms with Crippen molar-refractivity contribution in [1.82, 2.24) is 14.8 Å². The minimum atomic E-state index is 0.862. The molecule has 4 heteroatoms. The Balaban J connectivity index is 2.93. The van der Waals surface area contributed by atoms with E-state index in [4.69, 9.17) is 0 Å². The maximum absolute atomic E-state index is 4.29. The predicted octanol–water partition coefficient (Wildman–Crippen LogP) is 2.04. The van der Waals surface area contributed by atoms with Crippen LogP contribution >= 0.6 is 15.9 Å². The van der Waals surface area contributed by atoms with Gasteiger partial charge in [0.05, 0.1) is 11.7 Å². The molecule has 2 aromatic heterocycles. The summed E-state index contributed by atoms with van der Waals surface area (Å²) in [5.74, 6) is 0. The van der Waals surface area contributed by atoms with E-state index in [0.717, 1.165) is 15.6 Å². The van der Waals surface area contributed by atoms with Crippen LogP contribution < -0.4 is 0 Å². The molecule has 0 spiro atoms.